The second kappa shape index (κ2) is 4.42. The lowest BCUT2D eigenvalue weighted by Gasteiger charge is -2.27. The fourth-order valence-corrected chi connectivity index (χ4v) is 4.73. The first kappa shape index (κ1) is 15.3. The lowest BCUT2D eigenvalue weighted by atomic mass is 9.69. The quantitative estimate of drug-likeness (QED) is 0.738. The Labute approximate surface area is 140 Å². The molecule has 24 heavy (non-hydrogen) atoms. The van der Waals surface area contributed by atoms with Crippen LogP contribution in [0.3, 0.4) is 0 Å². The lowest BCUT2D eigenvalue weighted by molar-refractivity contribution is -0.129. The van der Waals surface area contributed by atoms with Crippen LogP contribution in [0.15, 0.2) is 6.20 Å². The predicted molar refractivity (Wildman–Crippen MR) is 85.0 cm³/mol. The summed E-state index contributed by atoms with van der Waals surface area (Å²) in [6.07, 6.45) is 3.05. The maximum Gasteiger partial charge on any atom is 0.240 e. The predicted octanol–water partition coefficient (Wildman–Crippen LogP) is 2.02. The molecule has 0 aliphatic carbocycles. The molecule has 4 rings (SSSR count). The molecule has 3 aliphatic rings. The molecule has 1 aromatic rings. The Bertz CT molecular complexity index is 809. The molecule has 4 heterocycles. The lowest BCUT2D eigenvalue weighted by Crippen LogP contribution is -2.40. The van der Waals surface area contributed by atoms with Crippen molar-refractivity contribution in [3.8, 4) is 6.07 Å². The highest BCUT2D eigenvalue weighted by Gasteiger charge is 2.72. The summed E-state index contributed by atoms with van der Waals surface area (Å²) in [5.74, 6) is -1.27. The number of carbonyl (C=O) groups excluding carboxylic acids is 2. The van der Waals surface area contributed by atoms with Gasteiger partial charge in [-0.2, -0.15) is 5.26 Å². The molecule has 3 fully saturated rings. The molecule has 2 amide bonds. The number of pyridine rings is 1. The van der Waals surface area contributed by atoms with Crippen molar-refractivity contribution in [1.82, 2.24) is 4.98 Å². The van der Waals surface area contributed by atoms with Crippen molar-refractivity contribution in [1.29, 1.82) is 5.26 Å². The number of aromatic nitrogens is 1. The fourth-order valence-electron chi connectivity index (χ4n) is 4.73. The molecule has 3 aliphatic heterocycles. The standard InChI is InChI=1S/C18H19N3O3/c1-9-10(2)12(8-20-11(9)7-19)21-15(22)13-14(16(21)23)18(4)6-5-17(13,3)24-18/h8,13-14H,5-6H2,1-4H3/t13-,14+,17?,18?. The Morgan fingerprint density at radius 3 is 2.21 bits per heavy atom. The molecule has 0 radical (unpaired) electrons. The van der Waals surface area contributed by atoms with Gasteiger partial charge in [-0.1, -0.05) is 0 Å². The molecule has 4 atom stereocenters. The van der Waals surface area contributed by atoms with Crippen LogP contribution in [0.25, 0.3) is 0 Å². The summed E-state index contributed by atoms with van der Waals surface area (Å²) in [5.41, 5.74) is 1.12. The van der Waals surface area contributed by atoms with Crippen LogP contribution in [0.5, 0.6) is 0 Å². The van der Waals surface area contributed by atoms with Gasteiger partial charge in [0.1, 0.15) is 11.8 Å². The summed E-state index contributed by atoms with van der Waals surface area (Å²) >= 11 is 0. The van der Waals surface area contributed by atoms with Gasteiger partial charge in [0.05, 0.1) is 34.9 Å². The number of ether oxygens (including phenoxy) is 1. The second-order valence-electron chi connectivity index (χ2n) is 7.55. The van der Waals surface area contributed by atoms with E-state index in [0.717, 1.165) is 18.4 Å². The Kier molecular flexibility index (Phi) is 2.82. The van der Waals surface area contributed by atoms with Crippen molar-refractivity contribution in [2.45, 2.75) is 51.7 Å². The third-order valence-corrected chi connectivity index (χ3v) is 6.17. The van der Waals surface area contributed by atoms with E-state index in [1.165, 1.54) is 11.1 Å². The minimum Gasteiger partial charge on any atom is -0.367 e. The largest absolute Gasteiger partial charge is 0.367 e. The number of nitriles is 1. The molecule has 124 valence electrons. The van der Waals surface area contributed by atoms with Crippen molar-refractivity contribution in [2.24, 2.45) is 11.8 Å². The molecule has 0 saturated carbocycles. The number of fused-ring (bicyclic) bond motifs is 5. The molecule has 2 unspecified atom stereocenters. The Balaban J connectivity index is 1.83. The van der Waals surface area contributed by atoms with Crippen LogP contribution < -0.4 is 4.90 Å². The Morgan fingerprint density at radius 1 is 1.17 bits per heavy atom. The first-order valence-corrected chi connectivity index (χ1v) is 8.18. The molecular weight excluding hydrogens is 306 g/mol. The summed E-state index contributed by atoms with van der Waals surface area (Å²) in [6.45, 7) is 7.47. The summed E-state index contributed by atoms with van der Waals surface area (Å²) in [5, 5.41) is 9.10. The molecule has 0 N–H and O–H groups in total. The van der Waals surface area contributed by atoms with E-state index in [2.05, 4.69) is 4.98 Å². The number of amides is 2. The zero-order chi connectivity index (χ0) is 17.4. The second-order valence-corrected chi connectivity index (χ2v) is 7.55. The van der Waals surface area contributed by atoms with Gasteiger partial charge in [0.25, 0.3) is 0 Å². The molecule has 0 aromatic carbocycles. The average Bonchev–Trinajstić information content (AvgIpc) is 3.07. The van der Waals surface area contributed by atoms with Crippen LogP contribution in [-0.2, 0) is 14.3 Å². The van der Waals surface area contributed by atoms with Gasteiger partial charge in [-0.3, -0.25) is 9.59 Å². The monoisotopic (exact) mass is 325 g/mol. The smallest absolute Gasteiger partial charge is 0.240 e. The third-order valence-electron chi connectivity index (χ3n) is 6.17. The van der Waals surface area contributed by atoms with Gasteiger partial charge in [0, 0.05) is 0 Å². The van der Waals surface area contributed by atoms with Gasteiger partial charge >= 0.3 is 0 Å². The first-order chi connectivity index (χ1) is 11.2. The minimum atomic E-state index is -0.566. The zero-order valence-corrected chi connectivity index (χ0v) is 14.2. The van der Waals surface area contributed by atoms with Crippen molar-refractivity contribution in [3.63, 3.8) is 0 Å². The van der Waals surface area contributed by atoms with Crippen LogP contribution in [-0.4, -0.2) is 28.0 Å². The molecular formula is C18H19N3O3. The average molecular weight is 325 g/mol. The van der Waals surface area contributed by atoms with Crippen molar-refractivity contribution >= 4 is 17.5 Å². The summed E-state index contributed by atoms with van der Waals surface area (Å²) in [4.78, 5) is 31.6. The normalized spacial score (nSPS) is 37.0. The van der Waals surface area contributed by atoms with Gasteiger partial charge in [0.2, 0.25) is 11.8 Å². The van der Waals surface area contributed by atoms with Gasteiger partial charge < -0.3 is 4.74 Å². The van der Waals surface area contributed by atoms with E-state index < -0.39 is 23.0 Å². The van der Waals surface area contributed by atoms with Crippen molar-refractivity contribution in [3.05, 3.63) is 23.0 Å². The highest BCUT2D eigenvalue weighted by Crippen LogP contribution is 2.61. The maximum atomic E-state index is 13.1. The van der Waals surface area contributed by atoms with Crippen LogP contribution in [0.4, 0.5) is 5.69 Å². The Hall–Kier alpha value is -2.26. The molecule has 1 aromatic heterocycles. The minimum absolute atomic E-state index is 0.204. The summed E-state index contributed by atoms with van der Waals surface area (Å²) in [7, 11) is 0. The van der Waals surface area contributed by atoms with Gasteiger partial charge in [-0.15, -0.1) is 0 Å². The summed E-state index contributed by atoms with van der Waals surface area (Å²) in [6, 6.07) is 2.03. The maximum absolute atomic E-state index is 13.1. The number of anilines is 1. The van der Waals surface area contributed by atoms with E-state index in [0.29, 0.717) is 16.9 Å². The number of carbonyl (C=O) groups is 2. The summed E-state index contributed by atoms with van der Waals surface area (Å²) < 4.78 is 6.10. The number of hydrogen-bond donors (Lipinski definition) is 0. The number of nitrogens with zero attached hydrogens (tertiary/aromatic N) is 3. The highest BCUT2D eigenvalue weighted by atomic mass is 16.5. The van der Waals surface area contributed by atoms with E-state index >= 15 is 0 Å². The van der Waals surface area contributed by atoms with E-state index in [1.54, 1.807) is 6.92 Å². The SMILES string of the molecule is Cc1c(N2C(=O)[C@@H]3[C@H](C2=O)C2(C)CCC3(C)O2)cnc(C#N)c1C. The van der Waals surface area contributed by atoms with E-state index in [9.17, 15) is 9.59 Å². The fraction of sp³-hybridized carbons (Fsp3) is 0.556. The van der Waals surface area contributed by atoms with E-state index in [1.807, 2.05) is 26.8 Å². The van der Waals surface area contributed by atoms with Gasteiger partial charge in [-0.25, -0.2) is 9.88 Å². The first-order valence-electron chi connectivity index (χ1n) is 8.18. The van der Waals surface area contributed by atoms with Gasteiger partial charge in [0.15, 0.2) is 0 Å². The van der Waals surface area contributed by atoms with Crippen molar-refractivity contribution < 1.29 is 14.3 Å². The molecule has 3 saturated heterocycles. The number of imide groups is 1. The van der Waals surface area contributed by atoms with Crippen LogP contribution in [0.2, 0.25) is 0 Å². The molecule has 6 nitrogen and oxygen atoms in total. The number of hydrogen-bond acceptors (Lipinski definition) is 5. The molecule has 2 bridgehead atoms. The topological polar surface area (TPSA) is 83.3 Å². The Morgan fingerprint density at radius 2 is 1.71 bits per heavy atom. The zero-order valence-electron chi connectivity index (χ0n) is 14.2. The van der Waals surface area contributed by atoms with Crippen molar-refractivity contribution in [2.75, 3.05) is 4.90 Å². The molecule has 0 spiro atoms. The third kappa shape index (κ3) is 1.60. The van der Waals surface area contributed by atoms with Gasteiger partial charge in [-0.05, 0) is 51.7 Å². The molecule has 6 heteroatoms. The van der Waals surface area contributed by atoms with E-state index in [-0.39, 0.29) is 11.8 Å². The van der Waals surface area contributed by atoms with Crippen LogP contribution in [0, 0.1) is 37.0 Å². The number of rotatable bonds is 1. The van der Waals surface area contributed by atoms with Crippen LogP contribution >= 0.6 is 0 Å². The van der Waals surface area contributed by atoms with Crippen LogP contribution in [0.1, 0.15) is 43.5 Å². The van der Waals surface area contributed by atoms with E-state index in [4.69, 9.17) is 10.00 Å². The highest BCUT2D eigenvalue weighted by molar-refractivity contribution is 6.23.